The van der Waals surface area contributed by atoms with Crippen molar-refractivity contribution >= 4 is 5.96 Å². The van der Waals surface area contributed by atoms with Gasteiger partial charge in [0, 0.05) is 18.5 Å². The fraction of sp³-hybridized carbons (Fsp3) is 0.474. The van der Waals surface area contributed by atoms with Crippen molar-refractivity contribution in [2.45, 2.75) is 46.1 Å². The van der Waals surface area contributed by atoms with E-state index in [4.69, 9.17) is 4.42 Å². The number of phenolic OH excluding ortho intramolecular Hbond substituents is 1. The molecule has 3 N–H and O–H groups in total. The number of aliphatic imine (C=N–C) groups is 1. The lowest BCUT2D eigenvalue weighted by atomic mass is 9.94. The van der Waals surface area contributed by atoms with E-state index in [-0.39, 0.29) is 11.2 Å². The predicted octanol–water partition coefficient (Wildman–Crippen LogP) is 2.98. The fourth-order valence-corrected chi connectivity index (χ4v) is 2.26. The number of hydrogen-bond donors (Lipinski definition) is 3. The summed E-state index contributed by atoms with van der Waals surface area (Å²) in [5.74, 6) is 2.48. The molecule has 0 spiro atoms. The number of nitrogens with zero attached hydrogens (tertiary/aromatic N) is 2. The average Bonchev–Trinajstić information content (AvgIpc) is 3.02. The van der Waals surface area contributed by atoms with Gasteiger partial charge in [-0.1, -0.05) is 32.9 Å². The van der Waals surface area contributed by atoms with Crippen LogP contribution >= 0.6 is 0 Å². The molecule has 0 aliphatic rings. The Kier molecular flexibility index (Phi) is 6.44. The summed E-state index contributed by atoms with van der Waals surface area (Å²) < 4.78 is 5.76. The Bertz CT molecular complexity index is 701. The molecule has 0 amide bonds. The number of phenols is 1. The van der Waals surface area contributed by atoms with Crippen molar-refractivity contribution in [2.75, 3.05) is 13.1 Å². The van der Waals surface area contributed by atoms with Crippen LogP contribution in [-0.2, 0) is 18.4 Å². The van der Waals surface area contributed by atoms with Crippen molar-refractivity contribution in [3.8, 4) is 5.75 Å². The van der Waals surface area contributed by atoms with E-state index in [1.165, 1.54) is 0 Å². The quantitative estimate of drug-likeness (QED) is 0.554. The standard InChI is InChI=1S/C19H28N4O2/c1-5-20-18(21-10-9-14-7-6-8-15(24)11-14)23-13-17-22-12-16(25-17)19(2,3)4/h6-8,11-12,24H,5,9-10,13H2,1-4H3,(H2,20,21,23). The summed E-state index contributed by atoms with van der Waals surface area (Å²) in [6, 6.07) is 7.28. The van der Waals surface area contributed by atoms with E-state index in [1.54, 1.807) is 18.3 Å². The minimum Gasteiger partial charge on any atom is -0.508 e. The van der Waals surface area contributed by atoms with Crippen LogP contribution in [0.25, 0.3) is 0 Å². The molecule has 0 aliphatic heterocycles. The van der Waals surface area contributed by atoms with Crippen LogP contribution in [0.1, 0.15) is 44.9 Å². The Morgan fingerprint density at radius 3 is 2.72 bits per heavy atom. The van der Waals surface area contributed by atoms with Crippen molar-refractivity contribution in [3.05, 3.63) is 47.7 Å². The number of rotatable bonds is 6. The highest BCUT2D eigenvalue weighted by Crippen LogP contribution is 2.22. The predicted molar refractivity (Wildman–Crippen MR) is 99.8 cm³/mol. The van der Waals surface area contributed by atoms with Gasteiger partial charge in [0.2, 0.25) is 5.89 Å². The van der Waals surface area contributed by atoms with Gasteiger partial charge in [0.15, 0.2) is 5.96 Å². The van der Waals surface area contributed by atoms with Gasteiger partial charge in [-0.15, -0.1) is 0 Å². The lowest BCUT2D eigenvalue weighted by Gasteiger charge is -2.13. The molecule has 0 saturated carbocycles. The van der Waals surface area contributed by atoms with Gasteiger partial charge >= 0.3 is 0 Å². The minimum atomic E-state index is -0.0566. The largest absolute Gasteiger partial charge is 0.508 e. The molecular formula is C19H28N4O2. The number of aromatic nitrogens is 1. The zero-order valence-electron chi connectivity index (χ0n) is 15.5. The molecule has 6 heteroatoms. The number of oxazole rings is 1. The third-order valence-corrected chi connectivity index (χ3v) is 3.63. The van der Waals surface area contributed by atoms with Crippen LogP contribution in [0.15, 0.2) is 39.9 Å². The smallest absolute Gasteiger partial charge is 0.216 e. The molecule has 0 saturated heterocycles. The molecule has 0 atom stereocenters. The highest BCUT2D eigenvalue weighted by atomic mass is 16.4. The summed E-state index contributed by atoms with van der Waals surface area (Å²) in [6.07, 6.45) is 2.57. The van der Waals surface area contributed by atoms with Gasteiger partial charge in [-0.3, -0.25) is 0 Å². The van der Waals surface area contributed by atoms with Crippen molar-refractivity contribution in [1.82, 2.24) is 15.6 Å². The molecule has 0 aliphatic carbocycles. The second-order valence-corrected chi connectivity index (χ2v) is 6.91. The molecule has 6 nitrogen and oxygen atoms in total. The maximum atomic E-state index is 9.50. The summed E-state index contributed by atoms with van der Waals surface area (Å²) in [5.41, 5.74) is 1.02. The van der Waals surface area contributed by atoms with Crippen molar-refractivity contribution in [3.63, 3.8) is 0 Å². The van der Waals surface area contributed by atoms with Crippen LogP contribution in [0.5, 0.6) is 5.75 Å². The van der Waals surface area contributed by atoms with Crippen molar-refractivity contribution in [1.29, 1.82) is 0 Å². The van der Waals surface area contributed by atoms with Crippen molar-refractivity contribution < 1.29 is 9.52 Å². The molecular weight excluding hydrogens is 316 g/mol. The van der Waals surface area contributed by atoms with Gasteiger partial charge in [-0.2, -0.15) is 0 Å². The number of guanidine groups is 1. The average molecular weight is 344 g/mol. The summed E-state index contributed by atoms with van der Waals surface area (Å²) in [5, 5.41) is 16.0. The highest BCUT2D eigenvalue weighted by molar-refractivity contribution is 5.79. The first kappa shape index (κ1) is 18.8. The zero-order chi connectivity index (χ0) is 18.3. The summed E-state index contributed by atoms with van der Waals surface area (Å²) in [6.45, 7) is 10.2. The molecule has 0 radical (unpaired) electrons. The second-order valence-electron chi connectivity index (χ2n) is 6.91. The van der Waals surface area contributed by atoms with E-state index < -0.39 is 0 Å². The van der Waals surface area contributed by atoms with E-state index in [0.717, 1.165) is 30.2 Å². The van der Waals surface area contributed by atoms with Crippen LogP contribution in [0.2, 0.25) is 0 Å². The van der Waals surface area contributed by atoms with E-state index in [0.29, 0.717) is 19.0 Å². The van der Waals surface area contributed by atoms with Gasteiger partial charge in [0.1, 0.15) is 18.1 Å². The lowest BCUT2D eigenvalue weighted by Crippen LogP contribution is -2.38. The van der Waals surface area contributed by atoms with E-state index in [1.807, 2.05) is 19.1 Å². The maximum Gasteiger partial charge on any atom is 0.216 e. The molecule has 1 aromatic heterocycles. The summed E-state index contributed by atoms with van der Waals surface area (Å²) in [4.78, 5) is 8.81. The molecule has 136 valence electrons. The number of benzene rings is 1. The second kappa shape index (κ2) is 8.55. The molecule has 25 heavy (non-hydrogen) atoms. The van der Waals surface area contributed by atoms with Crippen LogP contribution in [-0.4, -0.2) is 29.1 Å². The van der Waals surface area contributed by atoms with E-state index in [9.17, 15) is 5.11 Å². The maximum absolute atomic E-state index is 9.50. The summed E-state index contributed by atoms with van der Waals surface area (Å²) >= 11 is 0. The molecule has 2 rings (SSSR count). The molecule has 2 aromatic rings. The normalized spacial score (nSPS) is 12.2. The fourth-order valence-electron chi connectivity index (χ4n) is 2.26. The van der Waals surface area contributed by atoms with Crippen LogP contribution < -0.4 is 10.6 Å². The molecule has 0 bridgehead atoms. The number of aromatic hydroxyl groups is 1. The molecule has 0 fully saturated rings. The topological polar surface area (TPSA) is 82.7 Å². The lowest BCUT2D eigenvalue weighted by molar-refractivity contribution is 0.383. The van der Waals surface area contributed by atoms with Crippen LogP contribution in [0.4, 0.5) is 0 Å². The number of nitrogens with one attached hydrogen (secondary N) is 2. The third kappa shape index (κ3) is 6.14. The third-order valence-electron chi connectivity index (χ3n) is 3.63. The van der Waals surface area contributed by atoms with Gasteiger partial charge in [0.25, 0.3) is 0 Å². The SMILES string of the molecule is CCNC(=NCc1ncc(C(C)(C)C)o1)NCCc1cccc(O)c1. The Balaban J connectivity index is 1.90. The zero-order valence-corrected chi connectivity index (χ0v) is 15.5. The first-order valence-electron chi connectivity index (χ1n) is 8.63. The van der Waals surface area contributed by atoms with Gasteiger partial charge in [0.05, 0.1) is 6.20 Å². The van der Waals surface area contributed by atoms with Gasteiger partial charge < -0.3 is 20.2 Å². The van der Waals surface area contributed by atoms with Crippen LogP contribution in [0.3, 0.4) is 0 Å². The minimum absolute atomic E-state index is 0.0566. The highest BCUT2D eigenvalue weighted by Gasteiger charge is 2.18. The Hall–Kier alpha value is -2.50. The Morgan fingerprint density at radius 1 is 1.28 bits per heavy atom. The molecule has 1 heterocycles. The van der Waals surface area contributed by atoms with E-state index in [2.05, 4.69) is 41.4 Å². The van der Waals surface area contributed by atoms with Gasteiger partial charge in [-0.05, 0) is 31.0 Å². The number of hydrogen-bond acceptors (Lipinski definition) is 4. The molecule has 0 unspecified atom stereocenters. The van der Waals surface area contributed by atoms with E-state index >= 15 is 0 Å². The molecule has 1 aromatic carbocycles. The monoisotopic (exact) mass is 344 g/mol. The Morgan fingerprint density at radius 2 is 2.08 bits per heavy atom. The van der Waals surface area contributed by atoms with Crippen molar-refractivity contribution in [2.24, 2.45) is 4.99 Å². The first-order chi connectivity index (χ1) is 11.9. The first-order valence-corrected chi connectivity index (χ1v) is 8.63. The Labute approximate surface area is 149 Å². The van der Waals surface area contributed by atoms with Gasteiger partial charge in [-0.25, -0.2) is 9.98 Å². The summed E-state index contributed by atoms with van der Waals surface area (Å²) in [7, 11) is 0. The van der Waals surface area contributed by atoms with Crippen LogP contribution in [0, 0.1) is 0 Å².